The molecule has 0 aromatic heterocycles. The second-order valence-corrected chi connectivity index (χ2v) is 6.34. The summed E-state index contributed by atoms with van der Waals surface area (Å²) in [7, 11) is 0. The third-order valence-corrected chi connectivity index (χ3v) is 3.98. The zero-order valence-corrected chi connectivity index (χ0v) is 16.0. The number of aryl methyl sites for hydroxylation is 1. The number of hydrazone groups is 1. The van der Waals surface area contributed by atoms with E-state index in [1.165, 1.54) is 6.21 Å². The van der Waals surface area contributed by atoms with Gasteiger partial charge in [0, 0.05) is 11.3 Å². The molecule has 6 nitrogen and oxygen atoms in total. The van der Waals surface area contributed by atoms with E-state index < -0.39 is 0 Å². The first-order valence-corrected chi connectivity index (χ1v) is 9.08. The van der Waals surface area contributed by atoms with Crippen molar-refractivity contribution in [2.75, 3.05) is 11.9 Å². The lowest BCUT2D eigenvalue weighted by Crippen LogP contribution is -2.20. The van der Waals surface area contributed by atoms with E-state index in [2.05, 4.69) is 15.8 Å². The number of nitrogens with one attached hydrogen (secondary N) is 2. The van der Waals surface area contributed by atoms with Crippen molar-refractivity contribution in [1.29, 1.82) is 0 Å². The topological polar surface area (TPSA) is 79.8 Å². The maximum Gasteiger partial charge on any atom is 0.271 e. The second kappa shape index (κ2) is 9.85. The second-order valence-electron chi connectivity index (χ2n) is 6.34. The molecule has 6 heteroatoms. The minimum atomic E-state index is -0.286. The fraction of sp³-hybridized carbons (Fsp3) is 0.0870. The summed E-state index contributed by atoms with van der Waals surface area (Å²) in [5, 5.41) is 6.73. The average Bonchev–Trinajstić information content (AvgIpc) is 2.74. The number of hydrogen-bond donors (Lipinski definition) is 2. The molecule has 0 bridgehead atoms. The Labute approximate surface area is 169 Å². The van der Waals surface area contributed by atoms with Gasteiger partial charge in [-0.25, -0.2) is 5.43 Å². The van der Waals surface area contributed by atoms with Gasteiger partial charge >= 0.3 is 0 Å². The molecule has 2 N–H and O–H groups in total. The summed E-state index contributed by atoms with van der Waals surface area (Å²) < 4.78 is 5.53. The molecule has 0 saturated heterocycles. The van der Waals surface area contributed by atoms with Gasteiger partial charge in [0.15, 0.2) is 6.61 Å². The van der Waals surface area contributed by atoms with E-state index >= 15 is 0 Å². The average molecular weight is 387 g/mol. The molecule has 0 heterocycles. The van der Waals surface area contributed by atoms with Crippen LogP contribution in [-0.2, 0) is 4.79 Å². The van der Waals surface area contributed by atoms with Crippen molar-refractivity contribution in [2.45, 2.75) is 6.92 Å². The van der Waals surface area contributed by atoms with Crippen molar-refractivity contribution >= 4 is 23.7 Å². The number of anilines is 1. The molecule has 0 unspecified atom stereocenters. The first kappa shape index (κ1) is 19.8. The van der Waals surface area contributed by atoms with E-state index in [-0.39, 0.29) is 18.4 Å². The zero-order valence-electron chi connectivity index (χ0n) is 16.0. The monoisotopic (exact) mass is 387 g/mol. The van der Waals surface area contributed by atoms with Gasteiger partial charge in [0.2, 0.25) is 0 Å². The van der Waals surface area contributed by atoms with Crippen molar-refractivity contribution in [3.63, 3.8) is 0 Å². The number of para-hydroxylation sites is 1. The highest BCUT2D eigenvalue weighted by Crippen LogP contribution is 2.12. The number of nitrogens with zero attached hydrogens (tertiary/aromatic N) is 1. The third-order valence-electron chi connectivity index (χ3n) is 3.98. The molecule has 146 valence electrons. The Morgan fingerprint density at radius 2 is 1.72 bits per heavy atom. The van der Waals surface area contributed by atoms with Gasteiger partial charge < -0.3 is 10.1 Å². The van der Waals surface area contributed by atoms with Crippen LogP contribution in [0.15, 0.2) is 84.0 Å². The normalized spacial score (nSPS) is 10.5. The SMILES string of the molecule is Cc1ccc(C(=O)N/N=C/c2cccc(OCC(=O)Nc3ccccc3)c2)cc1. The van der Waals surface area contributed by atoms with Gasteiger partial charge in [-0.3, -0.25) is 9.59 Å². The van der Waals surface area contributed by atoms with E-state index in [0.717, 1.165) is 11.1 Å². The molecule has 0 aliphatic carbocycles. The van der Waals surface area contributed by atoms with E-state index in [0.29, 0.717) is 17.0 Å². The largest absolute Gasteiger partial charge is 0.484 e. The highest BCUT2D eigenvalue weighted by atomic mass is 16.5. The van der Waals surface area contributed by atoms with Gasteiger partial charge in [0.05, 0.1) is 6.21 Å². The number of amides is 2. The van der Waals surface area contributed by atoms with Crippen molar-refractivity contribution in [3.05, 3.63) is 95.6 Å². The predicted molar refractivity (Wildman–Crippen MR) is 113 cm³/mol. The lowest BCUT2D eigenvalue weighted by atomic mass is 10.1. The van der Waals surface area contributed by atoms with E-state index in [1.54, 1.807) is 42.5 Å². The van der Waals surface area contributed by atoms with Crippen LogP contribution in [0.2, 0.25) is 0 Å². The Kier molecular flexibility index (Phi) is 6.73. The van der Waals surface area contributed by atoms with Crippen LogP contribution < -0.4 is 15.5 Å². The molecule has 3 rings (SSSR count). The smallest absolute Gasteiger partial charge is 0.271 e. The fourth-order valence-corrected chi connectivity index (χ4v) is 2.49. The van der Waals surface area contributed by atoms with Crippen LogP contribution in [0.1, 0.15) is 21.5 Å². The van der Waals surface area contributed by atoms with Gasteiger partial charge in [0.25, 0.3) is 11.8 Å². The molecule has 3 aromatic carbocycles. The van der Waals surface area contributed by atoms with Crippen molar-refractivity contribution in [3.8, 4) is 5.75 Å². The van der Waals surface area contributed by atoms with Crippen molar-refractivity contribution in [1.82, 2.24) is 5.43 Å². The minimum Gasteiger partial charge on any atom is -0.484 e. The number of ether oxygens (including phenoxy) is 1. The van der Waals surface area contributed by atoms with Crippen LogP contribution in [0, 0.1) is 6.92 Å². The van der Waals surface area contributed by atoms with Gasteiger partial charge in [-0.15, -0.1) is 0 Å². The first-order valence-electron chi connectivity index (χ1n) is 9.08. The van der Waals surface area contributed by atoms with Crippen LogP contribution in [0.4, 0.5) is 5.69 Å². The molecule has 29 heavy (non-hydrogen) atoms. The van der Waals surface area contributed by atoms with Gasteiger partial charge in [-0.1, -0.05) is 48.0 Å². The zero-order chi connectivity index (χ0) is 20.5. The van der Waals surface area contributed by atoms with Crippen LogP contribution in [0.5, 0.6) is 5.75 Å². The van der Waals surface area contributed by atoms with Gasteiger partial charge in [0.1, 0.15) is 5.75 Å². The highest BCUT2D eigenvalue weighted by molar-refractivity contribution is 5.95. The predicted octanol–water partition coefficient (Wildman–Crippen LogP) is 3.78. The molecular weight excluding hydrogens is 366 g/mol. The van der Waals surface area contributed by atoms with Gasteiger partial charge in [-0.2, -0.15) is 5.10 Å². The molecule has 0 atom stereocenters. The minimum absolute atomic E-state index is 0.111. The quantitative estimate of drug-likeness (QED) is 0.478. The Morgan fingerprint density at radius 3 is 2.48 bits per heavy atom. The van der Waals surface area contributed by atoms with E-state index in [9.17, 15) is 9.59 Å². The summed E-state index contributed by atoms with van der Waals surface area (Å²) in [6, 6.07) is 23.5. The Balaban J connectivity index is 1.51. The molecule has 3 aromatic rings. The van der Waals surface area contributed by atoms with Crippen molar-refractivity contribution in [2.24, 2.45) is 5.10 Å². The standard InChI is InChI=1S/C23H21N3O3/c1-17-10-12-19(13-11-17)23(28)26-24-15-18-6-5-9-21(14-18)29-16-22(27)25-20-7-3-2-4-8-20/h2-15H,16H2,1H3,(H,25,27)(H,26,28)/b24-15+. The lowest BCUT2D eigenvalue weighted by molar-refractivity contribution is -0.118. The van der Waals surface area contributed by atoms with Crippen LogP contribution >= 0.6 is 0 Å². The maximum absolute atomic E-state index is 12.0. The Hall–Kier alpha value is -3.93. The highest BCUT2D eigenvalue weighted by Gasteiger charge is 2.05. The molecule has 0 aliphatic rings. The fourth-order valence-electron chi connectivity index (χ4n) is 2.49. The van der Waals surface area contributed by atoms with E-state index in [1.807, 2.05) is 43.3 Å². The molecular formula is C23H21N3O3. The number of rotatable bonds is 7. The molecule has 2 amide bonds. The summed E-state index contributed by atoms with van der Waals surface area (Å²) in [4.78, 5) is 24.0. The van der Waals surface area contributed by atoms with E-state index in [4.69, 9.17) is 4.74 Å². The molecule has 0 fully saturated rings. The molecule has 0 saturated carbocycles. The summed E-state index contributed by atoms with van der Waals surface area (Å²) in [5.41, 5.74) is 5.55. The number of benzene rings is 3. The molecule has 0 radical (unpaired) electrons. The maximum atomic E-state index is 12.0. The summed E-state index contributed by atoms with van der Waals surface area (Å²) in [6.07, 6.45) is 1.52. The number of hydrogen-bond acceptors (Lipinski definition) is 4. The van der Waals surface area contributed by atoms with Crippen LogP contribution in [-0.4, -0.2) is 24.6 Å². The summed E-state index contributed by atoms with van der Waals surface area (Å²) >= 11 is 0. The summed E-state index contributed by atoms with van der Waals surface area (Å²) in [5.74, 6) is -0.00566. The summed E-state index contributed by atoms with van der Waals surface area (Å²) in [6.45, 7) is 1.85. The van der Waals surface area contributed by atoms with Crippen LogP contribution in [0.25, 0.3) is 0 Å². The molecule has 0 aliphatic heterocycles. The third kappa shape index (κ3) is 6.32. The Morgan fingerprint density at radius 1 is 0.966 bits per heavy atom. The Bertz CT molecular complexity index is 999. The first-order chi connectivity index (χ1) is 14.1. The number of carbonyl (C=O) groups is 2. The lowest BCUT2D eigenvalue weighted by Gasteiger charge is -2.08. The van der Waals surface area contributed by atoms with Gasteiger partial charge in [-0.05, 0) is 48.9 Å². The number of carbonyl (C=O) groups excluding carboxylic acids is 2. The van der Waals surface area contributed by atoms with Crippen molar-refractivity contribution < 1.29 is 14.3 Å². The van der Waals surface area contributed by atoms with Crippen LogP contribution in [0.3, 0.4) is 0 Å². The molecule has 0 spiro atoms.